The third kappa shape index (κ3) is 6.51. The fourth-order valence-corrected chi connectivity index (χ4v) is 4.53. The van der Waals surface area contributed by atoms with Gasteiger partial charge in [0, 0.05) is 17.1 Å². The van der Waals surface area contributed by atoms with Crippen molar-refractivity contribution < 1.29 is 14.3 Å². The molecular weight excluding hydrogens is 516 g/mol. The van der Waals surface area contributed by atoms with Gasteiger partial charge in [0.2, 0.25) is 5.91 Å². The van der Waals surface area contributed by atoms with Crippen LogP contribution in [0.25, 0.3) is 10.8 Å². The summed E-state index contributed by atoms with van der Waals surface area (Å²) in [4.78, 5) is 28.1. The summed E-state index contributed by atoms with van der Waals surface area (Å²) in [5.41, 5.74) is 0.349. The zero-order chi connectivity index (χ0) is 24.9. The van der Waals surface area contributed by atoms with Crippen molar-refractivity contribution in [3.05, 3.63) is 75.7 Å². The van der Waals surface area contributed by atoms with Gasteiger partial charge in [-0.15, -0.1) is 0 Å². The lowest BCUT2D eigenvalue weighted by molar-refractivity contribution is -0.143. The molecule has 34 heavy (non-hydrogen) atoms. The number of carbonyl (C=O) groups is 2. The van der Waals surface area contributed by atoms with Crippen LogP contribution in [0.5, 0.6) is 5.75 Å². The molecule has 7 heteroatoms. The van der Waals surface area contributed by atoms with Crippen LogP contribution in [0.3, 0.4) is 0 Å². The Morgan fingerprint density at radius 1 is 1.06 bits per heavy atom. The van der Waals surface area contributed by atoms with Gasteiger partial charge in [-0.05, 0) is 71.6 Å². The first-order valence-electron chi connectivity index (χ1n) is 11.3. The van der Waals surface area contributed by atoms with E-state index in [0.717, 1.165) is 20.8 Å². The number of benzene rings is 3. The Kier molecular flexibility index (Phi) is 8.61. The monoisotopic (exact) mass is 544 g/mol. The number of ether oxygens (including phenoxy) is 1. The van der Waals surface area contributed by atoms with E-state index in [0.29, 0.717) is 17.2 Å². The Morgan fingerprint density at radius 2 is 1.74 bits per heavy atom. The number of hydrogen-bond donors (Lipinski definition) is 1. The van der Waals surface area contributed by atoms with E-state index in [-0.39, 0.29) is 25.0 Å². The van der Waals surface area contributed by atoms with Crippen molar-refractivity contribution in [2.45, 2.75) is 52.2 Å². The van der Waals surface area contributed by atoms with E-state index in [1.165, 1.54) is 0 Å². The number of hydrogen-bond acceptors (Lipinski definition) is 3. The van der Waals surface area contributed by atoms with Crippen molar-refractivity contribution in [3.8, 4) is 5.75 Å². The van der Waals surface area contributed by atoms with Crippen LogP contribution in [0.4, 0.5) is 0 Å². The molecule has 0 saturated carbocycles. The first-order chi connectivity index (χ1) is 16.1. The molecule has 0 unspecified atom stereocenters. The lowest BCUT2D eigenvalue weighted by atomic mass is 10.1. The van der Waals surface area contributed by atoms with Crippen LogP contribution in [0.2, 0.25) is 5.02 Å². The average Bonchev–Trinajstić information content (AvgIpc) is 2.78. The Hall–Kier alpha value is -2.57. The van der Waals surface area contributed by atoms with Crippen LogP contribution >= 0.6 is 27.5 Å². The number of nitrogens with one attached hydrogen (secondary N) is 1. The molecular formula is C27H30BrClN2O3. The quantitative estimate of drug-likeness (QED) is 0.358. The van der Waals surface area contributed by atoms with Crippen LogP contribution in [0.15, 0.2) is 65.1 Å². The maximum atomic E-state index is 13.4. The summed E-state index contributed by atoms with van der Waals surface area (Å²) in [6.45, 7) is 7.63. The largest absolute Gasteiger partial charge is 0.483 e. The summed E-state index contributed by atoms with van der Waals surface area (Å²) >= 11 is 9.98. The summed E-state index contributed by atoms with van der Waals surface area (Å²) in [7, 11) is 0. The van der Waals surface area contributed by atoms with Crippen LogP contribution in [0, 0.1) is 0 Å². The summed E-state index contributed by atoms with van der Waals surface area (Å²) in [5.74, 6) is 0.0649. The van der Waals surface area contributed by atoms with Crippen molar-refractivity contribution in [1.29, 1.82) is 0 Å². The third-order valence-corrected chi connectivity index (χ3v) is 6.55. The van der Waals surface area contributed by atoms with Crippen molar-refractivity contribution in [2.24, 2.45) is 0 Å². The smallest absolute Gasteiger partial charge is 0.261 e. The van der Waals surface area contributed by atoms with Gasteiger partial charge in [0.05, 0.1) is 4.47 Å². The molecule has 180 valence electrons. The molecule has 1 N–H and O–H groups in total. The molecule has 0 heterocycles. The minimum atomic E-state index is -0.661. The van der Waals surface area contributed by atoms with Crippen molar-refractivity contribution in [1.82, 2.24) is 10.2 Å². The van der Waals surface area contributed by atoms with Crippen LogP contribution < -0.4 is 10.1 Å². The molecule has 2 amide bonds. The minimum absolute atomic E-state index is 0.205. The predicted octanol–water partition coefficient (Wildman–Crippen LogP) is 6.36. The Balaban J connectivity index is 1.86. The second-order valence-electron chi connectivity index (χ2n) is 9.16. The van der Waals surface area contributed by atoms with Crippen LogP contribution in [-0.4, -0.2) is 34.9 Å². The van der Waals surface area contributed by atoms with Gasteiger partial charge in [-0.2, -0.15) is 0 Å². The molecule has 0 aliphatic carbocycles. The minimum Gasteiger partial charge on any atom is -0.483 e. The van der Waals surface area contributed by atoms with Crippen molar-refractivity contribution in [3.63, 3.8) is 0 Å². The molecule has 3 aromatic carbocycles. The van der Waals surface area contributed by atoms with Crippen molar-refractivity contribution in [2.75, 3.05) is 6.61 Å². The number of carbonyl (C=O) groups excluding carboxylic acids is 2. The topological polar surface area (TPSA) is 58.6 Å². The second-order valence-corrected chi connectivity index (χ2v) is 10.4. The summed E-state index contributed by atoms with van der Waals surface area (Å²) in [6, 6.07) is 18.4. The number of halogens is 2. The van der Waals surface area contributed by atoms with E-state index < -0.39 is 11.6 Å². The van der Waals surface area contributed by atoms with Gasteiger partial charge in [0.1, 0.15) is 11.8 Å². The molecule has 0 aliphatic rings. The SMILES string of the molecule is CC[C@@H](C(=O)NC(C)(C)C)N(Cc1ccccc1Cl)C(=O)COc1ccc2ccccc2c1Br. The van der Waals surface area contributed by atoms with Gasteiger partial charge in [0.25, 0.3) is 5.91 Å². The molecule has 0 aromatic heterocycles. The van der Waals surface area contributed by atoms with E-state index >= 15 is 0 Å². The first kappa shape index (κ1) is 26.0. The lowest BCUT2D eigenvalue weighted by Crippen LogP contribution is -2.54. The van der Waals surface area contributed by atoms with Gasteiger partial charge in [-0.25, -0.2) is 0 Å². The van der Waals surface area contributed by atoms with Crippen LogP contribution in [0.1, 0.15) is 39.7 Å². The summed E-state index contributed by atoms with van der Waals surface area (Å²) in [6.07, 6.45) is 0.456. The van der Waals surface area contributed by atoms with Crippen LogP contribution in [-0.2, 0) is 16.1 Å². The highest BCUT2D eigenvalue weighted by atomic mass is 79.9. The highest BCUT2D eigenvalue weighted by molar-refractivity contribution is 9.10. The molecule has 0 saturated heterocycles. The molecule has 3 aromatic rings. The van der Waals surface area contributed by atoms with E-state index in [9.17, 15) is 9.59 Å². The predicted molar refractivity (Wildman–Crippen MR) is 141 cm³/mol. The number of rotatable bonds is 8. The maximum absolute atomic E-state index is 13.4. The van der Waals surface area contributed by atoms with Crippen molar-refractivity contribution >= 4 is 50.1 Å². The second kappa shape index (κ2) is 11.2. The lowest BCUT2D eigenvalue weighted by Gasteiger charge is -2.33. The van der Waals surface area contributed by atoms with Gasteiger partial charge in [-0.3, -0.25) is 9.59 Å². The standard InChI is InChI=1S/C27H30BrClN2O3/c1-5-22(26(33)30-27(2,3)4)31(16-19-11-7-9-13-21(19)29)24(32)17-34-23-15-14-18-10-6-8-12-20(18)25(23)28/h6-15,22H,5,16-17H2,1-4H3,(H,30,33)/t22-/m0/s1. The fraction of sp³-hybridized carbons (Fsp3) is 0.333. The molecule has 0 aliphatic heterocycles. The highest BCUT2D eigenvalue weighted by Gasteiger charge is 2.31. The Labute approximate surface area is 214 Å². The third-order valence-electron chi connectivity index (χ3n) is 5.36. The molecule has 0 bridgehead atoms. The van der Waals surface area contributed by atoms with Gasteiger partial charge < -0.3 is 15.0 Å². The average molecular weight is 546 g/mol. The van der Waals surface area contributed by atoms with Gasteiger partial charge in [-0.1, -0.05) is 67.1 Å². The van der Waals surface area contributed by atoms with Gasteiger partial charge >= 0.3 is 0 Å². The summed E-state index contributed by atoms with van der Waals surface area (Å²) in [5, 5.41) is 5.61. The molecule has 0 spiro atoms. The fourth-order valence-electron chi connectivity index (χ4n) is 3.73. The molecule has 0 radical (unpaired) electrons. The molecule has 3 rings (SSSR count). The molecule has 1 atom stereocenters. The first-order valence-corrected chi connectivity index (χ1v) is 12.4. The van der Waals surface area contributed by atoms with Gasteiger partial charge in [0.15, 0.2) is 6.61 Å². The normalized spacial score (nSPS) is 12.3. The van der Waals surface area contributed by atoms with E-state index in [4.69, 9.17) is 16.3 Å². The number of nitrogens with zero attached hydrogens (tertiary/aromatic N) is 1. The van der Waals surface area contributed by atoms with E-state index in [1.54, 1.807) is 11.0 Å². The van der Waals surface area contributed by atoms with E-state index in [2.05, 4.69) is 21.2 Å². The summed E-state index contributed by atoms with van der Waals surface area (Å²) < 4.78 is 6.71. The maximum Gasteiger partial charge on any atom is 0.261 e. The Bertz CT molecular complexity index is 1180. The van der Waals surface area contributed by atoms with E-state index in [1.807, 2.05) is 82.3 Å². The zero-order valence-corrected chi connectivity index (χ0v) is 22.2. The highest BCUT2D eigenvalue weighted by Crippen LogP contribution is 2.33. The zero-order valence-electron chi connectivity index (χ0n) is 19.9. The number of amides is 2. The number of fused-ring (bicyclic) bond motifs is 1. The molecule has 0 fully saturated rings. The molecule has 5 nitrogen and oxygen atoms in total. The Morgan fingerprint density at radius 3 is 2.41 bits per heavy atom.